The van der Waals surface area contributed by atoms with Crippen molar-refractivity contribution in [1.29, 1.82) is 0 Å². The van der Waals surface area contributed by atoms with E-state index in [1.165, 1.54) is 26.0 Å². The van der Waals surface area contributed by atoms with Crippen LogP contribution < -0.4 is 4.74 Å². The molecule has 0 heterocycles. The molecule has 2 nitrogen and oxygen atoms in total. The third-order valence-electron chi connectivity index (χ3n) is 4.54. The van der Waals surface area contributed by atoms with Crippen molar-refractivity contribution in [2.75, 3.05) is 7.11 Å². The fourth-order valence-corrected chi connectivity index (χ4v) is 3.36. The summed E-state index contributed by atoms with van der Waals surface area (Å²) in [6.45, 7) is 2.19. The van der Waals surface area contributed by atoms with E-state index < -0.39 is 5.60 Å². The molecule has 112 valence electrons. The number of rotatable bonds is 4. The lowest BCUT2D eigenvalue weighted by Crippen LogP contribution is -2.26. The quantitative estimate of drug-likeness (QED) is 0.828. The first kappa shape index (κ1) is 15.3. The molecule has 0 radical (unpaired) electrons. The van der Waals surface area contributed by atoms with Crippen LogP contribution in [0.25, 0.3) is 0 Å². The number of hydrogen-bond acceptors (Lipinski definition) is 2. The Labute approximate surface area is 121 Å². The highest BCUT2D eigenvalue weighted by Gasteiger charge is 2.34. The minimum absolute atomic E-state index is 0.360. The van der Waals surface area contributed by atoms with Crippen LogP contribution >= 0.6 is 0 Å². The highest BCUT2D eigenvalue weighted by Crippen LogP contribution is 2.40. The van der Waals surface area contributed by atoms with Gasteiger partial charge >= 0.3 is 0 Å². The average molecular weight is 280 g/mol. The van der Waals surface area contributed by atoms with Crippen molar-refractivity contribution < 1.29 is 14.2 Å². The molecule has 1 aliphatic rings. The van der Waals surface area contributed by atoms with E-state index in [1.807, 2.05) is 0 Å². The fraction of sp³-hybridized carbons (Fsp3) is 0.647. The van der Waals surface area contributed by atoms with E-state index in [0.717, 1.165) is 19.3 Å². The van der Waals surface area contributed by atoms with Gasteiger partial charge in [0.25, 0.3) is 0 Å². The van der Waals surface area contributed by atoms with Crippen molar-refractivity contribution in [3.05, 3.63) is 29.6 Å². The van der Waals surface area contributed by atoms with Crippen LogP contribution in [0, 0.1) is 11.7 Å². The molecule has 2 rings (SSSR count). The Kier molecular flexibility index (Phi) is 5.03. The lowest BCUT2D eigenvalue weighted by Gasteiger charge is -2.28. The first-order chi connectivity index (χ1) is 9.59. The second-order valence-corrected chi connectivity index (χ2v) is 5.96. The van der Waals surface area contributed by atoms with Crippen molar-refractivity contribution in [2.45, 2.75) is 57.5 Å². The Morgan fingerprint density at radius 2 is 2.15 bits per heavy atom. The van der Waals surface area contributed by atoms with Crippen LogP contribution in [0.3, 0.4) is 0 Å². The lowest BCUT2D eigenvalue weighted by atomic mass is 9.85. The number of benzene rings is 1. The maximum Gasteiger partial charge on any atom is 0.132 e. The Morgan fingerprint density at radius 3 is 2.80 bits per heavy atom. The van der Waals surface area contributed by atoms with Crippen LogP contribution in [0.5, 0.6) is 5.75 Å². The molecular weight excluding hydrogens is 255 g/mol. The number of hydrogen-bond donors (Lipinski definition) is 1. The van der Waals surface area contributed by atoms with Crippen LogP contribution in [0.4, 0.5) is 4.39 Å². The van der Waals surface area contributed by atoms with Crippen molar-refractivity contribution in [2.24, 2.45) is 5.92 Å². The van der Waals surface area contributed by atoms with Crippen LogP contribution in [0.1, 0.15) is 57.4 Å². The molecular formula is C17H25FO2. The predicted molar refractivity (Wildman–Crippen MR) is 78.3 cm³/mol. The number of aliphatic hydroxyl groups is 1. The van der Waals surface area contributed by atoms with Crippen molar-refractivity contribution in [1.82, 2.24) is 0 Å². The van der Waals surface area contributed by atoms with Gasteiger partial charge in [0.15, 0.2) is 0 Å². The second-order valence-electron chi connectivity index (χ2n) is 5.96. The number of methoxy groups -OCH3 is 1. The molecule has 1 fully saturated rings. The minimum Gasteiger partial charge on any atom is -0.497 e. The standard InChI is InChI=1S/C17H25FO2/c1-3-5-13-6-4-10-17(19,11-9-13)15-8-7-14(20-2)12-16(15)18/h7-8,12-13,19H,3-6,9-11H2,1-2H3. The molecule has 0 saturated heterocycles. The van der Waals surface area contributed by atoms with Gasteiger partial charge < -0.3 is 9.84 Å². The van der Waals surface area contributed by atoms with Crippen molar-refractivity contribution >= 4 is 0 Å². The van der Waals surface area contributed by atoms with Gasteiger partial charge in [0.2, 0.25) is 0 Å². The van der Waals surface area contributed by atoms with E-state index >= 15 is 0 Å². The number of halogens is 1. The maximum atomic E-state index is 14.2. The molecule has 0 aliphatic heterocycles. The molecule has 0 aromatic heterocycles. The van der Waals surface area contributed by atoms with Gasteiger partial charge in [-0.15, -0.1) is 0 Å². The van der Waals surface area contributed by atoms with Gasteiger partial charge in [-0.2, -0.15) is 0 Å². The molecule has 0 spiro atoms. The zero-order chi connectivity index (χ0) is 14.6. The highest BCUT2D eigenvalue weighted by atomic mass is 19.1. The second kappa shape index (κ2) is 6.57. The Hall–Kier alpha value is -1.09. The average Bonchev–Trinajstić information content (AvgIpc) is 2.62. The van der Waals surface area contributed by atoms with Crippen molar-refractivity contribution in [3.8, 4) is 5.75 Å². The predicted octanol–water partition coefficient (Wildman–Crippen LogP) is 4.40. The molecule has 1 saturated carbocycles. The minimum atomic E-state index is -1.02. The van der Waals surface area contributed by atoms with Gasteiger partial charge in [-0.3, -0.25) is 0 Å². The smallest absolute Gasteiger partial charge is 0.132 e. The first-order valence-electron chi connectivity index (χ1n) is 7.65. The Balaban J connectivity index is 2.18. The SMILES string of the molecule is CCCC1CCCC(O)(c2ccc(OC)cc2F)CC1. The van der Waals surface area contributed by atoms with Gasteiger partial charge in [0.05, 0.1) is 12.7 Å². The summed E-state index contributed by atoms with van der Waals surface area (Å²) in [4.78, 5) is 0. The fourth-order valence-electron chi connectivity index (χ4n) is 3.36. The molecule has 3 heteroatoms. The summed E-state index contributed by atoms with van der Waals surface area (Å²) >= 11 is 0. The largest absolute Gasteiger partial charge is 0.497 e. The van der Waals surface area contributed by atoms with Gasteiger partial charge in [0.1, 0.15) is 11.6 Å². The molecule has 2 atom stereocenters. The van der Waals surface area contributed by atoms with E-state index in [-0.39, 0.29) is 5.82 Å². The summed E-state index contributed by atoms with van der Waals surface area (Å²) in [6.07, 6.45) is 6.79. The van der Waals surface area contributed by atoms with E-state index in [9.17, 15) is 9.50 Å². The summed E-state index contributed by atoms with van der Waals surface area (Å²) in [5.74, 6) is 0.809. The zero-order valence-corrected chi connectivity index (χ0v) is 12.5. The number of ether oxygens (including phenoxy) is 1. The third-order valence-corrected chi connectivity index (χ3v) is 4.54. The van der Waals surface area contributed by atoms with E-state index in [4.69, 9.17) is 4.74 Å². The molecule has 0 amide bonds. The summed E-state index contributed by atoms with van der Waals surface area (Å²) < 4.78 is 19.2. The first-order valence-corrected chi connectivity index (χ1v) is 7.65. The summed E-state index contributed by atoms with van der Waals surface area (Å²) in [7, 11) is 1.52. The van der Waals surface area contributed by atoms with Crippen LogP contribution in [-0.4, -0.2) is 12.2 Å². The monoisotopic (exact) mass is 280 g/mol. The molecule has 0 bridgehead atoms. The molecule has 1 aliphatic carbocycles. The summed E-state index contributed by atoms with van der Waals surface area (Å²) in [5.41, 5.74) is -0.589. The lowest BCUT2D eigenvalue weighted by molar-refractivity contribution is 0.0161. The molecule has 1 aromatic carbocycles. The van der Waals surface area contributed by atoms with Crippen LogP contribution in [-0.2, 0) is 5.60 Å². The van der Waals surface area contributed by atoms with Crippen LogP contribution in [0.15, 0.2) is 18.2 Å². The van der Waals surface area contributed by atoms with Gasteiger partial charge in [0, 0.05) is 11.6 Å². The Morgan fingerprint density at radius 1 is 1.35 bits per heavy atom. The Bertz CT molecular complexity index is 447. The zero-order valence-electron chi connectivity index (χ0n) is 12.5. The molecule has 2 unspecified atom stereocenters. The maximum absolute atomic E-state index is 14.2. The van der Waals surface area contributed by atoms with E-state index in [0.29, 0.717) is 30.1 Å². The highest BCUT2D eigenvalue weighted by molar-refractivity contribution is 5.32. The topological polar surface area (TPSA) is 29.5 Å². The van der Waals surface area contributed by atoms with Crippen LogP contribution in [0.2, 0.25) is 0 Å². The molecule has 20 heavy (non-hydrogen) atoms. The summed E-state index contributed by atoms with van der Waals surface area (Å²) in [6, 6.07) is 4.76. The van der Waals surface area contributed by atoms with Gasteiger partial charge in [-0.1, -0.05) is 26.2 Å². The van der Waals surface area contributed by atoms with Gasteiger partial charge in [-0.25, -0.2) is 4.39 Å². The van der Waals surface area contributed by atoms with E-state index in [1.54, 1.807) is 12.1 Å². The normalized spacial score (nSPS) is 27.1. The van der Waals surface area contributed by atoms with Crippen molar-refractivity contribution in [3.63, 3.8) is 0 Å². The van der Waals surface area contributed by atoms with E-state index in [2.05, 4.69) is 6.92 Å². The van der Waals surface area contributed by atoms with Gasteiger partial charge in [-0.05, 0) is 43.7 Å². The molecule has 1 aromatic rings. The molecule has 1 N–H and O–H groups in total. The third kappa shape index (κ3) is 3.32. The summed E-state index contributed by atoms with van der Waals surface area (Å²) in [5, 5.41) is 10.9.